The number of nitrogens with zero attached hydrogens (tertiary/aromatic N) is 1. The smallest absolute Gasteiger partial charge is 0.339 e. The van der Waals surface area contributed by atoms with Crippen molar-refractivity contribution in [3.8, 4) is 0 Å². The van der Waals surface area contributed by atoms with Crippen molar-refractivity contribution in [1.82, 2.24) is 4.98 Å². The quantitative estimate of drug-likeness (QED) is 0.649. The standard InChI is InChI=1S/C13H18N2O5S/c1-7(16)21-4-3-10(17)11(18)9-5-8(13(19)20-2)6-15-12(9)14/h5-6,10-11,17-18H,3-4H2,1-2H3,(H2,14,15). The molecule has 2 unspecified atom stereocenters. The molecule has 0 saturated heterocycles. The van der Waals surface area contributed by atoms with Crippen LogP contribution in [0.4, 0.5) is 5.82 Å². The fourth-order valence-electron chi connectivity index (χ4n) is 1.65. The molecule has 0 aliphatic carbocycles. The van der Waals surface area contributed by atoms with Gasteiger partial charge in [-0.1, -0.05) is 11.8 Å². The number of esters is 1. The molecule has 0 saturated carbocycles. The molecule has 0 aliphatic rings. The molecule has 0 spiro atoms. The Balaban J connectivity index is 2.82. The molecule has 116 valence electrons. The fourth-order valence-corrected chi connectivity index (χ4v) is 2.29. The van der Waals surface area contributed by atoms with Gasteiger partial charge in [-0.15, -0.1) is 0 Å². The van der Waals surface area contributed by atoms with E-state index in [2.05, 4.69) is 9.72 Å². The van der Waals surface area contributed by atoms with E-state index in [1.807, 2.05) is 0 Å². The summed E-state index contributed by atoms with van der Waals surface area (Å²) in [5, 5.41) is 20.0. The summed E-state index contributed by atoms with van der Waals surface area (Å²) in [5.41, 5.74) is 5.93. The molecule has 7 nitrogen and oxygen atoms in total. The first-order valence-electron chi connectivity index (χ1n) is 6.20. The number of methoxy groups -OCH3 is 1. The lowest BCUT2D eigenvalue weighted by atomic mass is 10.0. The first kappa shape index (κ1) is 17.4. The van der Waals surface area contributed by atoms with Crippen LogP contribution in [0.15, 0.2) is 12.3 Å². The number of rotatable bonds is 6. The van der Waals surface area contributed by atoms with Crippen molar-refractivity contribution in [2.75, 3.05) is 18.6 Å². The Kier molecular flexibility index (Phi) is 6.60. The van der Waals surface area contributed by atoms with Crippen LogP contribution in [0, 0.1) is 0 Å². The predicted molar refractivity (Wildman–Crippen MR) is 78.7 cm³/mol. The number of carbonyl (C=O) groups is 2. The Morgan fingerprint density at radius 2 is 2.14 bits per heavy atom. The Hall–Kier alpha value is -1.64. The minimum Gasteiger partial charge on any atom is -0.465 e. The van der Waals surface area contributed by atoms with E-state index in [0.29, 0.717) is 5.75 Å². The SMILES string of the molecule is COC(=O)c1cnc(N)c(C(O)C(O)CCSC(C)=O)c1. The van der Waals surface area contributed by atoms with E-state index in [4.69, 9.17) is 5.73 Å². The molecule has 21 heavy (non-hydrogen) atoms. The number of ether oxygens (including phenoxy) is 1. The Labute approximate surface area is 126 Å². The average molecular weight is 314 g/mol. The van der Waals surface area contributed by atoms with Gasteiger partial charge in [-0.25, -0.2) is 9.78 Å². The van der Waals surface area contributed by atoms with Crippen LogP contribution in [0.25, 0.3) is 0 Å². The van der Waals surface area contributed by atoms with Crippen LogP contribution in [0.2, 0.25) is 0 Å². The molecule has 2 atom stereocenters. The third-order valence-electron chi connectivity index (χ3n) is 2.77. The topological polar surface area (TPSA) is 123 Å². The van der Waals surface area contributed by atoms with Gasteiger partial charge in [-0.05, 0) is 12.5 Å². The van der Waals surface area contributed by atoms with Gasteiger partial charge in [0.1, 0.15) is 11.9 Å². The molecule has 0 amide bonds. The normalized spacial score (nSPS) is 13.5. The lowest BCUT2D eigenvalue weighted by Crippen LogP contribution is -2.21. The van der Waals surface area contributed by atoms with Gasteiger partial charge in [0.05, 0.1) is 18.8 Å². The molecule has 1 aromatic rings. The van der Waals surface area contributed by atoms with Crippen LogP contribution in [0.3, 0.4) is 0 Å². The molecule has 1 aromatic heterocycles. The highest BCUT2D eigenvalue weighted by Crippen LogP contribution is 2.25. The number of nitrogens with two attached hydrogens (primary N) is 1. The number of aliphatic hydroxyl groups is 2. The molecule has 0 bridgehead atoms. The van der Waals surface area contributed by atoms with E-state index in [0.717, 1.165) is 11.8 Å². The molecule has 0 fully saturated rings. The lowest BCUT2D eigenvalue weighted by molar-refractivity contribution is -0.109. The second-order valence-corrected chi connectivity index (χ2v) is 5.60. The van der Waals surface area contributed by atoms with E-state index >= 15 is 0 Å². The van der Waals surface area contributed by atoms with Crippen LogP contribution >= 0.6 is 11.8 Å². The van der Waals surface area contributed by atoms with Crippen molar-refractivity contribution in [2.45, 2.75) is 25.6 Å². The van der Waals surface area contributed by atoms with Crippen molar-refractivity contribution in [3.63, 3.8) is 0 Å². The number of nitrogen functional groups attached to an aromatic ring is 1. The number of aromatic nitrogens is 1. The van der Waals surface area contributed by atoms with Crippen LogP contribution in [0.1, 0.15) is 35.4 Å². The zero-order chi connectivity index (χ0) is 16.0. The van der Waals surface area contributed by atoms with Gasteiger partial charge in [-0.2, -0.15) is 0 Å². The monoisotopic (exact) mass is 314 g/mol. The summed E-state index contributed by atoms with van der Waals surface area (Å²) < 4.78 is 4.56. The summed E-state index contributed by atoms with van der Waals surface area (Å²) in [6.07, 6.45) is -0.980. The van der Waals surface area contributed by atoms with Crippen LogP contribution in [0.5, 0.6) is 0 Å². The maximum Gasteiger partial charge on any atom is 0.339 e. The molecule has 0 aliphatic heterocycles. The molecular formula is C13H18N2O5S. The average Bonchev–Trinajstić information content (AvgIpc) is 2.45. The first-order valence-corrected chi connectivity index (χ1v) is 7.18. The van der Waals surface area contributed by atoms with Gasteiger partial charge in [0.15, 0.2) is 5.12 Å². The van der Waals surface area contributed by atoms with Gasteiger partial charge in [0, 0.05) is 24.4 Å². The van der Waals surface area contributed by atoms with Crippen LogP contribution in [-0.2, 0) is 9.53 Å². The molecule has 1 heterocycles. The fraction of sp³-hybridized carbons (Fsp3) is 0.462. The predicted octanol–water partition coefficient (Wildman–Crippen LogP) is 0.514. The summed E-state index contributed by atoms with van der Waals surface area (Å²) in [6, 6.07) is 1.33. The second-order valence-electron chi connectivity index (χ2n) is 4.33. The number of aliphatic hydroxyl groups excluding tert-OH is 2. The van der Waals surface area contributed by atoms with Crippen molar-refractivity contribution in [3.05, 3.63) is 23.4 Å². The van der Waals surface area contributed by atoms with E-state index in [9.17, 15) is 19.8 Å². The molecular weight excluding hydrogens is 296 g/mol. The summed E-state index contributed by atoms with van der Waals surface area (Å²) in [6.45, 7) is 1.43. The maximum absolute atomic E-state index is 11.4. The number of carbonyl (C=O) groups excluding carboxylic acids is 2. The second kappa shape index (κ2) is 7.96. The molecule has 0 radical (unpaired) electrons. The minimum atomic E-state index is -1.30. The Bertz CT molecular complexity index is 523. The van der Waals surface area contributed by atoms with E-state index in [-0.39, 0.29) is 28.5 Å². The van der Waals surface area contributed by atoms with Gasteiger partial charge >= 0.3 is 5.97 Å². The third-order valence-corrected chi connectivity index (χ3v) is 3.62. The maximum atomic E-state index is 11.4. The minimum absolute atomic E-state index is 0.0217. The number of pyridine rings is 1. The van der Waals surface area contributed by atoms with Gasteiger partial charge in [-0.3, -0.25) is 4.79 Å². The highest BCUT2D eigenvalue weighted by molar-refractivity contribution is 8.13. The summed E-state index contributed by atoms with van der Waals surface area (Å²) >= 11 is 1.06. The third kappa shape index (κ3) is 5.00. The largest absolute Gasteiger partial charge is 0.465 e. The summed E-state index contributed by atoms with van der Waals surface area (Å²) in [7, 11) is 1.22. The highest BCUT2D eigenvalue weighted by atomic mass is 32.2. The molecule has 0 aromatic carbocycles. The van der Waals surface area contributed by atoms with Gasteiger partial charge < -0.3 is 20.7 Å². The van der Waals surface area contributed by atoms with Crippen LogP contribution in [-0.4, -0.2) is 45.2 Å². The van der Waals surface area contributed by atoms with E-state index < -0.39 is 18.2 Å². The molecule has 4 N–H and O–H groups in total. The zero-order valence-corrected chi connectivity index (χ0v) is 12.6. The summed E-state index contributed by atoms with van der Waals surface area (Å²) in [5.74, 6) is -0.219. The summed E-state index contributed by atoms with van der Waals surface area (Å²) in [4.78, 5) is 26.0. The van der Waals surface area contributed by atoms with Crippen molar-refractivity contribution in [2.24, 2.45) is 0 Å². The first-order chi connectivity index (χ1) is 9.86. The Morgan fingerprint density at radius 3 is 2.71 bits per heavy atom. The lowest BCUT2D eigenvalue weighted by Gasteiger charge is -2.19. The van der Waals surface area contributed by atoms with E-state index in [1.54, 1.807) is 0 Å². The number of anilines is 1. The van der Waals surface area contributed by atoms with Gasteiger partial charge in [0.2, 0.25) is 0 Å². The molecule has 1 rings (SSSR count). The van der Waals surface area contributed by atoms with Crippen molar-refractivity contribution >= 4 is 28.7 Å². The van der Waals surface area contributed by atoms with Gasteiger partial charge in [0.25, 0.3) is 0 Å². The van der Waals surface area contributed by atoms with Crippen molar-refractivity contribution in [1.29, 1.82) is 0 Å². The zero-order valence-electron chi connectivity index (χ0n) is 11.8. The molecule has 8 heteroatoms. The number of hydrogen-bond donors (Lipinski definition) is 3. The number of hydrogen-bond acceptors (Lipinski definition) is 8. The Morgan fingerprint density at radius 1 is 1.48 bits per heavy atom. The van der Waals surface area contributed by atoms with Crippen LogP contribution < -0.4 is 5.73 Å². The number of thioether (sulfide) groups is 1. The van der Waals surface area contributed by atoms with E-state index in [1.165, 1.54) is 26.3 Å². The van der Waals surface area contributed by atoms with Crippen molar-refractivity contribution < 1.29 is 24.5 Å². The highest BCUT2D eigenvalue weighted by Gasteiger charge is 2.22.